The van der Waals surface area contributed by atoms with Gasteiger partial charge >= 0.3 is 0 Å². The molecule has 1 aliphatic carbocycles. The molecule has 15 heavy (non-hydrogen) atoms. The van der Waals surface area contributed by atoms with Gasteiger partial charge in [0.2, 0.25) is 0 Å². The Morgan fingerprint density at radius 2 is 2.07 bits per heavy atom. The monoisotopic (exact) mass is 218 g/mol. The molecule has 0 spiro atoms. The molecular formula is C12H11ClN2. The molecule has 0 atom stereocenters. The molecule has 0 bridgehead atoms. The molecule has 1 aromatic heterocycles. The Morgan fingerprint density at radius 1 is 1.20 bits per heavy atom. The quantitative estimate of drug-likeness (QED) is 0.784. The first kappa shape index (κ1) is 9.99. The van der Waals surface area contributed by atoms with Crippen LogP contribution in [0.4, 0.5) is 0 Å². The molecule has 0 amide bonds. The summed E-state index contributed by atoms with van der Waals surface area (Å²) in [5, 5.41) is 0. The fourth-order valence-corrected chi connectivity index (χ4v) is 1.93. The lowest BCUT2D eigenvalue weighted by atomic mass is 10.0. The Kier molecular flexibility index (Phi) is 2.60. The van der Waals surface area contributed by atoms with E-state index in [1.807, 2.05) is 6.20 Å². The SMILES string of the molecule is C1=C(c2c[nH]cn2)c2ccccc2C1.Cl. The highest BCUT2D eigenvalue weighted by Crippen LogP contribution is 2.30. The van der Waals surface area contributed by atoms with Crippen LogP contribution in [-0.4, -0.2) is 9.97 Å². The van der Waals surface area contributed by atoms with Gasteiger partial charge in [-0.25, -0.2) is 4.98 Å². The van der Waals surface area contributed by atoms with E-state index in [1.54, 1.807) is 6.33 Å². The Bertz CT molecular complexity index is 486. The number of allylic oxidation sites excluding steroid dienone is 1. The van der Waals surface area contributed by atoms with Gasteiger partial charge in [0, 0.05) is 11.8 Å². The molecule has 3 rings (SSSR count). The normalized spacial score (nSPS) is 12.9. The number of hydrogen-bond acceptors (Lipinski definition) is 1. The molecular weight excluding hydrogens is 208 g/mol. The summed E-state index contributed by atoms with van der Waals surface area (Å²) in [7, 11) is 0. The fraction of sp³-hybridized carbons (Fsp3) is 0.0833. The smallest absolute Gasteiger partial charge is 0.0927 e. The van der Waals surface area contributed by atoms with Gasteiger partial charge in [0.15, 0.2) is 0 Å². The van der Waals surface area contributed by atoms with E-state index in [2.05, 4.69) is 40.3 Å². The number of rotatable bonds is 1. The topological polar surface area (TPSA) is 28.7 Å². The van der Waals surface area contributed by atoms with E-state index in [4.69, 9.17) is 0 Å². The van der Waals surface area contributed by atoms with Gasteiger partial charge in [-0.1, -0.05) is 30.3 Å². The van der Waals surface area contributed by atoms with E-state index in [9.17, 15) is 0 Å². The van der Waals surface area contributed by atoms with Crippen molar-refractivity contribution in [2.24, 2.45) is 0 Å². The Hall–Kier alpha value is -1.54. The maximum atomic E-state index is 4.27. The maximum absolute atomic E-state index is 4.27. The van der Waals surface area contributed by atoms with Gasteiger partial charge in [-0.3, -0.25) is 0 Å². The van der Waals surface area contributed by atoms with Crippen molar-refractivity contribution in [2.75, 3.05) is 0 Å². The lowest BCUT2D eigenvalue weighted by Gasteiger charge is -2.01. The number of H-pyrrole nitrogens is 1. The molecule has 1 heterocycles. The molecule has 1 aromatic carbocycles. The van der Waals surface area contributed by atoms with E-state index in [1.165, 1.54) is 16.7 Å². The van der Waals surface area contributed by atoms with Crippen molar-refractivity contribution >= 4 is 18.0 Å². The fourth-order valence-electron chi connectivity index (χ4n) is 1.93. The molecule has 1 aliphatic rings. The number of nitrogens with zero attached hydrogens (tertiary/aromatic N) is 1. The van der Waals surface area contributed by atoms with Crippen molar-refractivity contribution < 1.29 is 0 Å². The number of halogens is 1. The second kappa shape index (κ2) is 3.91. The first-order valence-electron chi connectivity index (χ1n) is 4.73. The molecule has 2 nitrogen and oxygen atoms in total. The van der Waals surface area contributed by atoms with Crippen molar-refractivity contribution in [2.45, 2.75) is 6.42 Å². The number of nitrogens with one attached hydrogen (secondary N) is 1. The van der Waals surface area contributed by atoms with Gasteiger partial charge in [0.05, 0.1) is 12.0 Å². The molecule has 0 radical (unpaired) electrons. The molecule has 3 heteroatoms. The summed E-state index contributed by atoms with van der Waals surface area (Å²) in [4.78, 5) is 7.26. The molecule has 0 unspecified atom stereocenters. The number of fused-ring (bicyclic) bond motifs is 1. The zero-order valence-electron chi connectivity index (χ0n) is 8.10. The van der Waals surface area contributed by atoms with Crippen molar-refractivity contribution in [3.63, 3.8) is 0 Å². The Balaban J connectivity index is 0.000000853. The second-order valence-electron chi connectivity index (χ2n) is 3.43. The van der Waals surface area contributed by atoms with E-state index < -0.39 is 0 Å². The minimum atomic E-state index is 0. The average Bonchev–Trinajstić information content (AvgIpc) is 2.85. The van der Waals surface area contributed by atoms with Gasteiger partial charge in [-0.2, -0.15) is 0 Å². The highest BCUT2D eigenvalue weighted by molar-refractivity contribution is 5.85. The molecule has 76 valence electrons. The zero-order valence-corrected chi connectivity index (χ0v) is 8.92. The first-order chi connectivity index (χ1) is 6.95. The highest BCUT2D eigenvalue weighted by Gasteiger charge is 2.15. The molecule has 1 N–H and O–H groups in total. The van der Waals surface area contributed by atoms with E-state index in [-0.39, 0.29) is 12.4 Å². The van der Waals surface area contributed by atoms with Gasteiger partial charge in [0.1, 0.15) is 0 Å². The zero-order chi connectivity index (χ0) is 9.38. The first-order valence-corrected chi connectivity index (χ1v) is 4.73. The molecule has 0 saturated carbocycles. The number of hydrogen-bond donors (Lipinski definition) is 1. The second-order valence-corrected chi connectivity index (χ2v) is 3.43. The lowest BCUT2D eigenvalue weighted by molar-refractivity contribution is 1.30. The third-order valence-electron chi connectivity index (χ3n) is 2.61. The summed E-state index contributed by atoms with van der Waals surface area (Å²) in [5.41, 5.74) is 5.00. The van der Waals surface area contributed by atoms with Crippen LogP contribution < -0.4 is 0 Å². The maximum Gasteiger partial charge on any atom is 0.0927 e. The Morgan fingerprint density at radius 3 is 2.87 bits per heavy atom. The van der Waals surface area contributed by atoms with Crippen LogP contribution >= 0.6 is 12.4 Å². The summed E-state index contributed by atoms with van der Waals surface area (Å²) in [6, 6.07) is 8.49. The average molecular weight is 219 g/mol. The van der Waals surface area contributed by atoms with Gasteiger partial charge in [0.25, 0.3) is 0 Å². The molecule has 2 aromatic rings. The highest BCUT2D eigenvalue weighted by atomic mass is 35.5. The van der Waals surface area contributed by atoms with E-state index in [0.29, 0.717) is 0 Å². The summed E-state index contributed by atoms with van der Waals surface area (Å²) >= 11 is 0. The van der Waals surface area contributed by atoms with Crippen molar-refractivity contribution in [3.05, 3.63) is 59.7 Å². The number of aromatic nitrogens is 2. The predicted molar refractivity (Wildman–Crippen MR) is 63.1 cm³/mol. The summed E-state index contributed by atoms with van der Waals surface area (Å²) in [6.07, 6.45) is 6.92. The van der Waals surface area contributed by atoms with Crippen LogP contribution in [0.2, 0.25) is 0 Å². The number of aromatic amines is 1. The van der Waals surface area contributed by atoms with Crippen LogP contribution in [0, 0.1) is 0 Å². The van der Waals surface area contributed by atoms with Crippen molar-refractivity contribution in [3.8, 4) is 0 Å². The Labute approximate surface area is 94.5 Å². The summed E-state index contributed by atoms with van der Waals surface area (Å²) in [5.74, 6) is 0. The van der Waals surface area contributed by atoms with Crippen LogP contribution in [0.1, 0.15) is 16.8 Å². The molecule has 0 saturated heterocycles. The van der Waals surface area contributed by atoms with Gasteiger partial charge in [-0.05, 0) is 17.5 Å². The lowest BCUT2D eigenvalue weighted by Crippen LogP contribution is -1.85. The minimum Gasteiger partial charge on any atom is -0.351 e. The van der Waals surface area contributed by atoms with Crippen LogP contribution in [0.15, 0.2) is 42.9 Å². The van der Waals surface area contributed by atoms with Crippen LogP contribution in [0.25, 0.3) is 5.57 Å². The minimum absolute atomic E-state index is 0. The molecule has 0 aliphatic heterocycles. The van der Waals surface area contributed by atoms with Crippen molar-refractivity contribution in [1.29, 1.82) is 0 Å². The van der Waals surface area contributed by atoms with Crippen LogP contribution in [0.3, 0.4) is 0 Å². The summed E-state index contributed by atoms with van der Waals surface area (Å²) in [6.45, 7) is 0. The summed E-state index contributed by atoms with van der Waals surface area (Å²) < 4.78 is 0. The molecule has 0 fully saturated rings. The third-order valence-corrected chi connectivity index (χ3v) is 2.61. The van der Waals surface area contributed by atoms with Gasteiger partial charge in [-0.15, -0.1) is 12.4 Å². The van der Waals surface area contributed by atoms with Crippen molar-refractivity contribution in [1.82, 2.24) is 9.97 Å². The number of benzene rings is 1. The van der Waals surface area contributed by atoms with Crippen LogP contribution in [0.5, 0.6) is 0 Å². The predicted octanol–water partition coefficient (Wildman–Crippen LogP) is 2.82. The standard InChI is InChI=1S/C12H10N2.ClH/c1-2-4-10-9(3-1)5-6-11(10)12-7-13-8-14-12;/h1-4,6-8H,5H2,(H,13,14);1H. The van der Waals surface area contributed by atoms with E-state index >= 15 is 0 Å². The van der Waals surface area contributed by atoms with Gasteiger partial charge < -0.3 is 4.98 Å². The number of imidazole rings is 1. The largest absolute Gasteiger partial charge is 0.351 e. The van der Waals surface area contributed by atoms with E-state index in [0.717, 1.165) is 12.1 Å². The van der Waals surface area contributed by atoms with Crippen LogP contribution in [-0.2, 0) is 6.42 Å². The third kappa shape index (κ3) is 1.57.